The van der Waals surface area contributed by atoms with Gasteiger partial charge in [-0.2, -0.15) is 0 Å². The van der Waals surface area contributed by atoms with E-state index in [9.17, 15) is 4.79 Å². The summed E-state index contributed by atoms with van der Waals surface area (Å²) in [5.41, 5.74) is 5.95. The number of carbonyl (C=O) groups excluding carboxylic acids is 1. The van der Waals surface area contributed by atoms with Gasteiger partial charge in [-0.25, -0.2) is 0 Å². The standard InChI is InChI=1S/C14H26N2O.ClH/c1-10-5-7-11(8-6-10)9-16-14(17)12-3-2-4-13(12)15;/h10-13H,2-9,15H2,1H3,(H,16,17);1H. The van der Waals surface area contributed by atoms with E-state index < -0.39 is 0 Å². The zero-order valence-electron chi connectivity index (χ0n) is 11.4. The molecule has 0 aromatic heterocycles. The van der Waals surface area contributed by atoms with Crippen LogP contribution in [-0.2, 0) is 4.79 Å². The maximum Gasteiger partial charge on any atom is 0.224 e. The first-order valence-corrected chi connectivity index (χ1v) is 7.20. The second-order valence-corrected chi connectivity index (χ2v) is 6.07. The Kier molecular flexibility index (Phi) is 6.44. The monoisotopic (exact) mass is 274 g/mol. The van der Waals surface area contributed by atoms with E-state index in [-0.39, 0.29) is 30.3 Å². The minimum atomic E-state index is 0. The topological polar surface area (TPSA) is 55.1 Å². The number of carbonyl (C=O) groups is 1. The number of nitrogens with two attached hydrogens (primary N) is 1. The third kappa shape index (κ3) is 4.13. The maximum absolute atomic E-state index is 12.0. The molecular formula is C14H27ClN2O. The lowest BCUT2D eigenvalue weighted by Crippen LogP contribution is -2.40. The van der Waals surface area contributed by atoms with Gasteiger partial charge in [-0.3, -0.25) is 4.79 Å². The van der Waals surface area contributed by atoms with Crippen molar-refractivity contribution in [2.24, 2.45) is 23.5 Å². The van der Waals surface area contributed by atoms with Crippen LogP contribution >= 0.6 is 12.4 Å². The minimum absolute atomic E-state index is 0. The van der Waals surface area contributed by atoms with Crippen LogP contribution in [0.1, 0.15) is 51.9 Å². The average Bonchev–Trinajstić information content (AvgIpc) is 2.74. The van der Waals surface area contributed by atoms with Gasteiger partial charge in [0.05, 0.1) is 5.92 Å². The SMILES string of the molecule is CC1CCC(CNC(=O)C2CCCC2N)CC1.Cl. The molecule has 4 heteroatoms. The fourth-order valence-corrected chi connectivity index (χ4v) is 3.22. The molecule has 0 saturated heterocycles. The first kappa shape index (κ1) is 15.8. The van der Waals surface area contributed by atoms with E-state index in [0.717, 1.165) is 31.7 Å². The molecule has 1 amide bonds. The highest BCUT2D eigenvalue weighted by Crippen LogP contribution is 2.28. The van der Waals surface area contributed by atoms with Crippen LogP contribution in [0.3, 0.4) is 0 Å². The smallest absolute Gasteiger partial charge is 0.224 e. The van der Waals surface area contributed by atoms with Gasteiger partial charge in [-0.15, -0.1) is 12.4 Å². The van der Waals surface area contributed by atoms with Crippen molar-refractivity contribution < 1.29 is 4.79 Å². The summed E-state index contributed by atoms with van der Waals surface area (Å²) in [7, 11) is 0. The first-order valence-electron chi connectivity index (χ1n) is 7.20. The Morgan fingerprint density at radius 3 is 2.39 bits per heavy atom. The summed E-state index contributed by atoms with van der Waals surface area (Å²) in [6, 6.07) is 0.0985. The molecule has 3 N–H and O–H groups in total. The van der Waals surface area contributed by atoms with E-state index in [4.69, 9.17) is 5.73 Å². The molecule has 0 radical (unpaired) electrons. The number of nitrogens with one attached hydrogen (secondary N) is 1. The average molecular weight is 275 g/mol. The molecule has 2 atom stereocenters. The summed E-state index contributed by atoms with van der Waals surface area (Å²) >= 11 is 0. The van der Waals surface area contributed by atoms with Crippen LogP contribution in [0, 0.1) is 17.8 Å². The molecule has 2 fully saturated rings. The lowest BCUT2D eigenvalue weighted by atomic mass is 9.83. The quantitative estimate of drug-likeness (QED) is 0.831. The van der Waals surface area contributed by atoms with Gasteiger partial charge in [0, 0.05) is 12.6 Å². The maximum atomic E-state index is 12.0. The lowest BCUT2D eigenvalue weighted by molar-refractivity contribution is -0.125. The zero-order chi connectivity index (χ0) is 12.3. The van der Waals surface area contributed by atoms with Gasteiger partial charge in [-0.1, -0.05) is 26.2 Å². The van der Waals surface area contributed by atoms with E-state index >= 15 is 0 Å². The van der Waals surface area contributed by atoms with Crippen LogP contribution < -0.4 is 11.1 Å². The molecule has 2 aliphatic rings. The van der Waals surface area contributed by atoms with Crippen LogP contribution in [0.5, 0.6) is 0 Å². The van der Waals surface area contributed by atoms with E-state index in [1.807, 2.05) is 0 Å². The molecule has 106 valence electrons. The molecule has 2 aliphatic carbocycles. The fourth-order valence-electron chi connectivity index (χ4n) is 3.22. The van der Waals surface area contributed by atoms with Crippen molar-refractivity contribution in [1.29, 1.82) is 0 Å². The van der Waals surface area contributed by atoms with Crippen LogP contribution in [0.4, 0.5) is 0 Å². The number of hydrogen-bond acceptors (Lipinski definition) is 2. The van der Waals surface area contributed by atoms with Crippen molar-refractivity contribution in [2.75, 3.05) is 6.54 Å². The molecule has 0 heterocycles. The zero-order valence-corrected chi connectivity index (χ0v) is 12.2. The number of hydrogen-bond donors (Lipinski definition) is 2. The molecule has 0 aliphatic heterocycles. The molecule has 0 bridgehead atoms. The van der Waals surface area contributed by atoms with Crippen molar-refractivity contribution in [1.82, 2.24) is 5.32 Å². The highest BCUT2D eigenvalue weighted by Gasteiger charge is 2.30. The Labute approximate surface area is 117 Å². The Balaban J connectivity index is 0.00000162. The van der Waals surface area contributed by atoms with Crippen molar-refractivity contribution in [3.63, 3.8) is 0 Å². The molecular weight excluding hydrogens is 248 g/mol. The molecule has 18 heavy (non-hydrogen) atoms. The Morgan fingerprint density at radius 1 is 1.17 bits per heavy atom. The molecule has 2 unspecified atom stereocenters. The van der Waals surface area contributed by atoms with Gasteiger partial charge in [-0.05, 0) is 37.5 Å². The fraction of sp³-hybridized carbons (Fsp3) is 0.929. The molecule has 0 aromatic carbocycles. The molecule has 0 aromatic rings. The summed E-state index contributed by atoms with van der Waals surface area (Å²) in [6.07, 6.45) is 8.30. The highest BCUT2D eigenvalue weighted by atomic mass is 35.5. The Hall–Kier alpha value is -0.280. The van der Waals surface area contributed by atoms with Gasteiger partial charge in [0.2, 0.25) is 5.91 Å². The second-order valence-electron chi connectivity index (χ2n) is 6.07. The van der Waals surface area contributed by atoms with Crippen molar-refractivity contribution in [3.05, 3.63) is 0 Å². The van der Waals surface area contributed by atoms with Crippen molar-refractivity contribution >= 4 is 18.3 Å². The van der Waals surface area contributed by atoms with Gasteiger partial charge in [0.1, 0.15) is 0 Å². The number of amides is 1. The Morgan fingerprint density at radius 2 is 1.83 bits per heavy atom. The van der Waals surface area contributed by atoms with Crippen LogP contribution in [0.15, 0.2) is 0 Å². The van der Waals surface area contributed by atoms with E-state index in [1.165, 1.54) is 25.7 Å². The predicted molar refractivity (Wildman–Crippen MR) is 76.7 cm³/mol. The normalized spacial score (nSPS) is 35.9. The van der Waals surface area contributed by atoms with Gasteiger partial charge in [0.25, 0.3) is 0 Å². The lowest BCUT2D eigenvalue weighted by Gasteiger charge is -2.27. The van der Waals surface area contributed by atoms with E-state index in [2.05, 4.69) is 12.2 Å². The van der Waals surface area contributed by atoms with Crippen molar-refractivity contribution in [2.45, 2.75) is 57.9 Å². The predicted octanol–water partition coefficient (Wildman–Crippen LogP) is 2.48. The largest absolute Gasteiger partial charge is 0.356 e. The summed E-state index contributed by atoms with van der Waals surface area (Å²) in [5, 5.41) is 3.12. The summed E-state index contributed by atoms with van der Waals surface area (Å²) in [6.45, 7) is 3.20. The van der Waals surface area contributed by atoms with Crippen LogP contribution in [-0.4, -0.2) is 18.5 Å². The van der Waals surface area contributed by atoms with Crippen LogP contribution in [0.25, 0.3) is 0 Å². The van der Waals surface area contributed by atoms with Gasteiger partial charge in [0.15, 0.2) is 0 Å². The number of rotatable bonds is 3. The van der Waals surface area contributed by atoms with E-state index in [0.29, 0.717) is 5.92 Å². The summed E-state index contributed by atoms with van der Waals surface area (Å²) < 4.78 is 0. The molecule has 2 saturated carbocycles. The van der Waals surface area contributed by atoms with E-state index in [1.54, 1.807) is 0 Å². The van der Waals surface area contributed by atoms with Gasteiger partial charge >= 0.3 is 0 Å². The highest BCUT2D eigenvalue weighted by molar-refractivity contribution is 5.85. The van der Waals surface area contributed by atoms with Crippen LogP contribution in [0.2, 0.25) is 0 Å². The number of halogens is 1. The van der Waals surface area contributed by atoms with Crippen molar-refractivity contribution in [3.8, 4) is 0 Å². The molecule has 0 spiro atoms. The van der Waals surface area contributed by atoms with Gasteiger partial charge < -0.3 is 11.1 Å². The Bertz CT molecular complexity index is 265. The summed E-state index contributed by atoms with van der Waals surface area (Å²) in [4.78, 5) is 12.0. The second kappa shape index (κ2) is 7.34. The minimum Gasteiger partial charge on any atom is -0.356 e. The third-order valence-corrected chi connectivity index (χ3v) is 4.61. The summed E-state index contributed by atoms with van der Waals surface area (Å²) in [5.74, 6) is 1.86. The first-order chi connectivity index (χ1) is 8.16. The molecule has 2 rings (SSSR count). The third-order valence-electron chi connectivity index (χ3n) is 4.61. The molecule has 3 nitrogen and oxygen atoms in total.